The number of imide groups is 1. The van der Waals surface area contributed by atoms with Crippen LogP contribution in [0, 0.1) is 5.92 Å². The Kier molecular flexibility index (Phi) is 10.7. The molecule has 40 heavy (non-hydrogen) atoms. The third kappa shape index (κ3) is 7.01. The van der Waals surface area contributed by atoms with E-state index in [2.05, 4.69) is 0 Å². The monoisotopic (exact) mass is 569 g/mol. The highest BCUT2D eigenvalue weighted by Crippen LogP contribution is 2.38. The molecule has 0 saturated carbocycles. The first-order chi connectivity index (χ1) is 19.0. The number of halogens is 1. The molecule has 4 N–H and O–H groups in total. The minimum atomic E-state index is -1.06. The number of carbonyl (C=O) groups is 3. The maximum atomic E-state index is 13.8. The fourth-order valence-electron chi connectivity index (χ4n) is 5.25. The molecule has 0 aromatic heterocycles. The van der Waals surface area contributed by atoms with Crippen molar-refractivity contribution in [2.24, 2.45) is 22.4 Å². The largest absolute Gasteiger partial charge is 0.452 e. The van der Waals surface area contributed by atoms with Gasteiger partial charge in [-0.3, -0.25) is 14.5 Å². The lowest BCUT2D eigenvalue weighted by Gasteiger charge is -2.31. The minimum absolute atomic E-state index is 0.163. The molecule has 0 aliphatic carbocycles. The van der Waals surface area contributed by atoms with Crippen molar-refractivity contribution in [1.29, 1.82) is 0 Å². The fourth-order valence-corrected chi connectivity index (χ4v) is 5.38. The van der Waals surface area contributed by atoms with Gasteiger partial charge in [-0.25, -0.2) is 14.7 Å². The number of carbonyl (C=O) groups excluding carboxylic acids is 3. The second-order valence-corrected chi connectivity index (χ2v) is 11.0. The second-order valence-electron chi connectivity index (χ2n) is 10.6. The van der Waals surface area contributed by atoms with Crippen LogP contribution in [0.3, 0.4) is 0 Å². The van der Waals surface area contributed by atoms with Crippen molar-refractivity contribution in [3.8, 4) is 0 Å². The van der Waals surface area contributed by atoms with Crippen LogP contribution in [0.15, 0.2) is 59.6 Å². The Morgan fingerprint density at radius 3 is 2.35 bits per heavy atom. The molecule has 9 nitrogen and oxygen atoms in total. The van der Waals surface area contributed by atoms with Crippen molar-refractivity contribution >= 4 is 35.5 Å². The molecule has 2 unspecified atom stereocenters. The van der Waals surface area contributed by atoms with Crippen LogP contribution < -0.4 is 11.5 Å². The lowest BCUT2D eigenvalue weighted by molar-refractivity contribution is -0.134. The lowest BCUT2D eigenvalue weighted by atomic mass is 9.82. The predicted molar refractivity (Wildman–Crippen MR) is 157 cm³/mol. The van der Waals surface area contributed by atoms with Crippen molar-refractivity contribution in [3.05, 3.63) is 70.7 Å². The summed E-state index contributed by atoms with van der Waals surface area (Å²) >= 11 is 5.96. The number of hydrogen-bond acceptors (Lipinski definition) is 7. The van der Waals surface area contributed by atoms with Crippen molar-refractivity contribution in [1.82, 2.24) is 9.80 Å². The van der Waals surface area contributed by atoms with Crippen LogP contribution in [0.2, 0.25) is 5.02 Å². The van der Waals surface area contributed by atoms with Gasteiger partial charge in [0.1, 0.15) is 0 Å². The van der Waals surface area contributed by atoms with Gasteiger partial charge in [0.05, 0.1) is 13.2 Å². The van der Waals surface area contributed by atoms with Gasteiger partial charge in [0.25, 0.3) is 5.91 Å². The molecular weight excluding hydrogens is 530 g/mol. The van der Waals surface area contributed by atoms with Gasteiger partial charge in [-0.2, -0.15) is 0 Å². The molecule has 0 spiro atoms. The molecule has 0 fully saturated rings. The smallest absolute Gasteiger partial charge is 0.416 e. The van der Waals surface area contributed by atoms with Crippen LogP contribution in [-0.4, -0.2) is 59.4 Å². The number of nitrogens with zero attached hydrogens (tertiary/aromatic N) is 3. The number of nitrogens with two attached hydrogens (primary N) is 2. The molecule has 3 atom stereocenters. The molecule has 10 heteroatoms. The molecule has 3 amide bonds. The molecule has 3 rings (SSSR count). The van der Waals surface area contributed by atoms with E-state index in [1.165, 1.54) is 12.0 Å². The van der Waals surface area contributed by atoms with E-state index in [-0.39, 0.29) is 24.2 Å². The molecule has 2 aromatic rings. The Labute approximate surface area is 241 Å². The summed E-state index contributed by atoms with van der Waals surface area (Å²) in [5.74, 6) is -0.300. The van der Waals surface area contributed by atoms with E-state index < -0.39 is 29.6 Å². The number of guanidine groups is 1. The van der Waals surface area contributed by atoms with E-state index in [0.29, 0.717) is 37.3 Å². The molecule has 0 bridgehead atoms. The van der Waals surface area contributed by atoms with Crippen molar-refractivity contribution in [2.45, 2.75) is 70.5 Å². The van der Waals surface area contributed by atoms with Crippen molar-refractivity contribution < 1.29 is 19.1 Å². The van der Waals surface area contributed by atoms with E-state index in [1.807, 2.05) is 51.1 Å². The van der Waals surface area contributed by atoms with Gasteiger partial charge in [-0.05, 0) is 61.3 Å². The number of methoxy groups -OCH3 is 1. The second kappa shape index (κ2) is 13.8. The summed E-state index contributed by atoms with van der Waals surface area (Å²) in [5, 5.41) is 0.582. The molecule has 0 saturated heterocycles. The number of benzene rings is 2. The molecule has 1 aliphatic rings. The average Bonchev–Trinajstić information content (AvgIpc) is 3.17. The summed E-state index contributed by atoms with van der Waals surface area (Å²) in [6.45, 7) is 6.29. The normalized spacial score (nSPS) is 18.4. The Morgan fingerprint density at radius 1 is 1.12 bits per heavy atom. The summed E-state index contributed by atoms with van der Waals surface area (Å²) in [6, 6.07) is 15.1. The third-order valence-corrected chi connectivity index (χ3v) is 7.44. The van der Waals surface area contributed by atoms with Crippen LogP contribution in [0.25, 0.3) is 0 Å². The van der Waals surface area contributed by atoms with Crippen LogP contribution in [0.5, 0.6) is 0 Å². The predicted octanol–water partition coefficient (Wildman–Crippen LogP) is 4.46. The summed E-state index contributed by atoms with van der Waals surface area (Å²) in [6.07, 6.45) is 1.42. The van der Waals surface area contributed by atoms with Gasteiger partial charge in [0.2, 0.25) is 5.91 Å². The first-order valence-corrected chi connectivity index (χ1v) is 14.1. The van der Waals surface area contributed by atoms with Gasteiger partial charge in [-0.1, -0.05) is 74.8 Å². The number of aliphatic imine (C=N–C) groups is 1. The van der Waals surface area contributed by atoms with E-state index in [1.54, 1.807) is 24.3 Å². The first kappa shape index (κ1) is 31.1. The standard InChI is InChI=1S/C30H40ClN5O4/c1-5-24(36(29(39)40-4)26(37)25(32)18-21-13-15-23(31)16-14-21)12-9-17-35-27(38)30(19-20(2)3,34-28(35)33)22-10-7-6-8-11-22/h6-8,10-11,13-16,20,24-25H,5,9,12,17-19,32H2,1-4H3,(H2,33,34)/t24?,25-,30?/m0/s1. The van der Waals surface area contributed by atoms with Gasteiger partial charge in [-0.15, -0.1) is 0 Å². The molecule has 216 valence electrons. The SMILES string of the molecule is CCC(CCCN1C(=O)C(CC(C)C)(c2ccccc2)N=C1N)N(C(=O)OC)C(=O)[C@@H](N)Cc1ccc(Cl)cc1. The zero-order valence-electron chi connectivity index (χ0n) is 23.7. The number of ether oxygens (including phenoxy) is 1. The highest BCUT2D eigenvalue weighted by Gasteiger charge is 2.49. The first-order valence-electron chi connectivity index (χ1n) is 13.7. The van der Waals surface area contributed by atoms with Gasteiger partial charge in [0.15, 0.2) is 11.5 Å². The van der Waals surface area contributed by atoms with Crippen LogP contribution in [0.4, 0.5) is 4.79 Å². The Hall–Kier alpha value is -3.43. The molecule has 0 radical (unpaired) electrons. The quantitative estimate of drug-likeness (QED) is 0.388. The Morgan fingerprint density at radius 2 is 1.77 bits per heavy atom. The third-order valence-electron chi connectivity index (χ3n) is 7.19. The van der Waals surface area contributed by atoms with Crippen molar-refractivity contribution in [2.75, 3.05) is 13.7 Å². The van der Waals surface area contributed by atoms with Gasteiger partial charge >= 0.3 is 6.09 Å². The van der Waals surface area contributed by atoms with E-state index in [0.717, 1.165) is 16.0 Å². The summed E-state index contributed by atoms with van der Waals surface area (Å²) in [5.41, 5.74) is 13.1. The Bertz CT molecular complexity index is 1200. The number of hydrogen-bond donors (Lipinski definition) is 2. The molecule has 2 aromatic carbocycles. The molecule has 1 heterocycles. The minimum Gasteiger partial charge on any atom is -0.452 e. The Balaban J connectivity index is 1.72. The molecule has 1 aliphatic heterocycles. The lowest BCUT2D eigenvalue weighted by Crippen LogP contribution is -2.52. The topological polar surface area (TPSA) is 131 Å². The van der Waals surface area contributed by atoms with Crippen molar-refractivity contribution in [3.63, 3.8) is 0 Å². The highest BCUT2D eigenvalue weighted by molar-refractivity contribution is 6.30. The summed E-state index contributed by atoms with van der Waals surface area (Å²) in [7, 11) is 1.23. The maximum absolute atomic E-state index is 13.8. The van der Waals surface area contributed by atoms with Gasteiger partial charge in [0, 0.05) is 17.6 Å². The summed E-state index contributed by atoms with van der Waals surface area (Å²) < 4.78 is 4.95. The van der Waals surface area contributed by atoms with Crippen LogP contribution in [-0.2, 0) is 26.3 Å². The maximum Gasteiger partial charge on any atom is 0.416 e. The van der Waals surface area contributed by atoms with E-state index >= 15 is 0 Å². The number of amides is 3. The molecular formula is C30H40ClN5O4. The van der Waals surface area contributed by atoms with Gasteiger partial charge < -0.3 is 16.2 Å². The highest BCUT2D eigenvalue weighted by atomic mass is 35.5. The van der Waals surface area contributed by atoms with E-state index in [4.69, 9.17) is 32.8 Å². The van der Waals surface area contributed by atoms with Crippen LogP contribution in [0.1, 0.15) is 57.6 Å². The van der Waals surface area contributed by atoms with E-state index in [9.17, 15) is 14.4 Å². The van der Waals surface area contributed by atoms with Crippen LogP contribution >= 0.6 is 11.6 Å². The fraction of sp³-hybridized carbons (Fsp3) is 0.467. The number of rotatable bonds is 12. The zero-order valence-corrected chi connectivity index (χ0v) is 24.4. The summed E-state index contributed by atoms with van der Waals surface area (Å²) in [4.78, 5) is 47.2. The zero-order chi connectivity index (χ0) is 29.4. The average molecular weight is 570 g/mol.